The molecule has 0 aromatic heterocycles. The van der Waals surface area contributed by atoms with Crippen LogP contribution in [0.2, 0.25) is 0 Å². The number of rotatable bonds is 1. The maximum absolute atomic E-state index is 9.88. The van der Waals surface area contributed by atoms with Gasteiger partial charge in [-0.25, -0.2) is 0 Å². The zero-order valence-electron chi connectivity index (χ0n) is 9.84. The number of fused-ring (bicyclic) bond motifs is 1. The lowest BCUT2D eigenvalue weighted by molar-refractivity contribution is 0.259. The quantitative estimate of drug-likeness (QED) is 0.808. The maximum Gasteiger partial charge on any atom is 0.122 e. The third kappa shape index (κ3) is 1.88. The Morgan fingerprint density at radius 1 is 1.06 bits per heavy atom. The number of para-hydroxylation sites is 1. The van der Waals surface area contributed by atoms with Crippen LogP contribution < -0.4 is 4.74 Å². The Kier molecular flexibility index (Phi) is 2.59. The van der Waals surface area contributed by atoms with E-state index >= 15 is 0 Å². The van der Waals surface area contributed by atoms with Crippen LogP contribution in [0.25, 0.3) is 0 Å². The number of aromatic hydroxyl groups is 2. The van der Waals surface area contributed by atoms with Crippen molar-refractivity contribution in [1.29, 1.82) is 0 Å². The molecule has 2 aromatic carbocycles. The van der Waals surface area contributed by atoms with Gasteiger partial charge < -0.3 is 14.9 Å². The molecule has 0 spiro atoms. The van der Waals surface area contributed by atoms with Crippen molar-refractivity contribution in [3.8, 4) is 17.2 Å². The summed E-state index contributed by atoms with van der Waals surface area (Å²) in [6, 6.07) is 12.7. The summed E-state index contributed by atoms with van der Waals surface area (Å²) in [5.41, 5.74) is 1.98. The Balaban J connectivity index is 1.92. The van der Waals surface area contributed by atoms with Crippen LogP contribution in [-0.4, -0.2) is 16.8 Å². The second-order valence-electron chi connectivity index (χ2n) is 4.56. The lowest BCUT2D eigenvalue weighted by Crippen LogP contribution is -2.19. The van der Waals surface area contributed by atoms with E-state index in [0.29, 0.717) is 6.61 Å². The van der Waals surface area contributed by atoms with Crippen molar-refractivity contribution >= 4 is 0 Å². The molecule has 0 aliphatic carbocycles. The standard InChI is InChI=1S/C15H14O3/c16-12-5-6-13(14(17)8-12)11-7-10-3-1-2-4-15(10)18-9-11/h1-6,8,11,16-17H,7,9H2. The SMILES string of the molecule is Oc1ccc(C2COc3ccccc3C2)c(O)c1. The topological polar surface area (TPSA) is 49.7 Å². The first-order valence-corrected chi connectivity index (χ1v) is 5.96. The van der Waals surface area contributed by atoms with Crippen LogP contribution in [0.4, 0.5) is 0 Å². The Morgan fingerprint density at radius 3 is 2.72 bits per heavy atom. The molecule has 0 saturated heterocycles. The van der Waals surface area contributed by atoms with Crippen molar-refractivity contribution < 1.29 is 14.9 Å². The first kappa shape index (κ1) is 11.0. The third-order valence-corrected chi connectivity index (χ3v) is 3.33. The first-order chi connectivity index (χ1) is 8.74. The highest BCUT2D eigenvalue weighted by molar-refractivity contribution is 5.44. The zero-order valence-corrected chi connectivity index (χ0v) is 9.84. The number of hydrogen-bond donors (Lipinski definition) is 2. The van der Waals surface area contributed by atoms with E-state index in [1.165, 1.54) is 6.07 Å². The number of phenolic OH excluding ortho intramolecular Hbond substituents is 2. The van der Waals surface area contributed by atoms with E-state index in [2.05, 4.69) is 0 Å². The lowest BCUT2D eigenvalue weighted by Gasteiger charge is -2.26. The largest absolute Gasteiger partial charge is 0.508 e. The van der Waals surface area contributed by atoms with E-state index in [1.807, 2.05) is 24.3 Å². The number of phenols is 2. The summed E-state index contributed by atoms with van der Waals surface area (Å²) < 4.78 is 5.70. The molecule has 1 aliphatic rings. The van der Waals surface area contributed by atoms with Crippen LogP contribution in [0.1, 0.15) is 17.0 Å². The maximum atomic E-state index is 9.88. The Bertz CT molecular complexity index is 578. The number of ether oxygens (including phenoxy) is 1. The molecule has 18 heavy (non-hydrogen) atoms. The predicted molar refractivity (Wildman–Crippen MR) is 68.2 cm³/mol. The molecular weight excluding hydrogens is 228 g/mol. The highest BCUT2D eigenvalue weighted by Gasteiger charge is 2.23. The minimum Gasteiger partial charge on any atom is -0.508 e. The zero-order chi connectivity index (χ0) is 12.5. The Morgan fingerprint density at radius 2 is 1.89 bits per heavy atom. The van der Waals surface area contributed by atoms with Crippen molar-refractivity contribution in [2.24, 2.45) is 0 Å². The van der Waals surface area contributed by atoms with E-state index in [1.54, 1.807) is 12.1 Å². The Hall–Kier alpha value is -2.16. The minimum absolute atomic E-state index is 0.0772. The van der Waals surface area contributed by atoms with E-state index in [9.17, 15) is 10.2 Å². The van der Waals surface area contributed by atoms with Gasteiger partial charge in [-0.15, -0.1) is 0 Å². The van der Waals surface area contributed by atoms with Crippen LogP contribution in [0, 0.1) is 0 Å². The van der Waals surface area contributed by atoms with Crippen molar-refractivity contribution in [2.45, 2.75) is 12.3 Å². The van der Waals surface area contributed by atoms with Gasteiger partial charge in [-0.3, -0.25) is 0 Å². The van der Waals surface area contributed by atoms with Crippen LogP contribution in [0.5, 0.6) is 17.2 Å². The predicted octanol–water partition coefficient (Wildman–Crippen LogP) is 2.82. The van der Waals surface area contributed by atoms with Gasteiger partial charge in [0.15, 0.2) is 0 Å². The van der Waals surface area contributed by atoms with Gasteiger partial charge in [0.25, 0.3) is 0 Å². The molecule has 0 bridgehead atoms. The van der Waals surface area contributed by atoms with Gasteiger partial charge >= 0.3 is 0 Å². The summed E-state index contributed by atoms with van der Waals surface area (Å²) in [4.78, 5) is 0. The molecule has 0 fully saturated rings. The fourth-order valence-electron chi connectivity index (χ4n) is 2.41. The number of hydrogen-bond acceptors (Lipinski definition) is 3. The molecule has 3 nitrogen and oxygen atoms in total. The average molecular weight is 242 g/mol. The molecule has 0 radical (unpaired) electrons. The van der Waals surface area contributed by atoms with Crippen molar-refractivity contribution in [2.75, 3.05) is 6.61 Å². The summed E-state index contributed by atoms with van der Waals surface area (Å²) in [5.74, 6) is 1.25. The lowest BCUT2D eigenvalue weighted by atomic mass is 9.90. The summed E-state index contributed by atoms with van der Waals surface area (Å²) in [7, 11) is 0. The molecule has 1 unspecified atom stereocenters. The van der Waals surface area contributed by atoms with Gasteiger partial charge in [-0.05, 0) is 24.1 Å². The second-order valence-corrected chi connectivity index (χ2v) is 4.56. The molecule has 2 aromatic rings. The van der Waals surface area contributed by atoms with E-state index in [4.69, 9.17) is 4.74 Å². The fourth-order valence-corrected chi connectivity index (χ4v) is 2.41. The molecule has 92 valence electrons. The highest BCUT2D eigenvalue weighted by atomic mass is 16.5. The molecule has 1 heterocycles. The fraction of sp³-hybridized carbons (Fsp3) is 0.200. The summed E-state index contributed by atoms with van der Waals surface area (Å²) in [6.07, 6.45) is 0.842. The van der Waals surface area contributed by atoms with E-state index in [-0.39, 0.29) is 17.4 Å². The molecule has 3 heteroatoms. The Labute approximate surface area is 105 Å². The molecule has 0 saturated carbocycles. The molecule has 0 amide bonds. The van der Waals surface area contributed by atoms with Gasteiger partial charge in [0.2, 0.25) is 0 Å². The molecule has 1 aliphatic heterocycles. The molecular formula is C15H14O3. The van der Waals surface area contributed by atoms with E-state index < -0.39 is 0 Å². The molecule has 3 rings (SSSR count). The second kappa shape index (κ2) is 4.26. The van der Waals surface area contributed by atoms with Gasteiger partial charge in [-0.2, -0.15) is 0 Å². The van der Waals surface area contributed by atoms with Crippen LogP contribution >= 0.6 is 0 Å². The highest BCUT2D eigenvalue weighted by Crippen LogP contribution is 2.36. The average Bonchev–Trinajstić information content (AvgIpc) is 2.38. The minimum atomic E-state index is 0.0772. The summed E-state index contributed by atoms with van der Waals surface area (Å²) in [6.45, 7) is 0.551. The summed E-state index contributed by atoms with van der Waals surface area (Å²) in [5, 5.41) is 19.2. The molecule has 1 atom stereocenters. The van der Waals surface area contributed by atoms with Gasteiger partial charge in [-0.1, -0.05) is 24.3 Å². The van der Waals surface area contributed by atoms with Crippen molar-refractivity contribution in [3.63, 3.8) is 0 Å². The van der Waals surface area contributed by atoms with Crippen LogP contribution in [0.3, 0.4) is 0 Å². The van der Waals surface area contributed by atoms with Gasteiger partial charge in [0, 0.05) is 17.5 Å². The van der Waals surface area contributed by atoms with Crippen molar-refractivity contribution in [1.82, 2.24) is 0 Å². The van der Waals surface area contributed by atoms with Gasteiger partial charge in [0.05, 0.1) is 6.61 Å². The van der Waals surface area contributed by atoms with Crippen molar-refractivity contribution in [3.05, 3.63) is 53.6 Å². The monoisotopic (exact) mass is 242 g/mol. The summed E-state index contributed by atoms with van der Waals surface area (Å²) >= 11 is 0. The van der Waals surface area contributed by atoms with Gasteiger partial charge in [0.1, 0.15) is 17.2 Å². The third-order valence-electron chi connectivity index (χ3n) is 3.33. The van der Waals surface area contributed by atoms with Crippen LogP contribution in [0.15, 0.2) is 42.5 Å². The smallest absolute Gasteiger partial charge is 0.122 e. The molecule has 2 N–H and O–H groups in total. The first-order valence-electron chi connectivity index (χ1n) is 5.96. The van der Waals surface area contributed by atoms with Crippen LogP contribution in [-0.2, 0) is 6.42 Å². The normalized spacial score (nSPS) is 17.9. The number of benzene rings is 2. The van der Waals surface area contributed by atoms with E-state index in [0.717, 1.165) is 23.3 Å².